The van der Waals surface area contributed by atoms with Crippen LogP contribution in [0.2, 0.25) is 5.02 Å². The van der Waals surface area contributed by atoms with Gasteiger partial charge in [-0.05, 0) is 42.0 Å². The third-order valence-electron chi connectivity index (χ3n) is 2.85. The van der Waals surface area contributed by atoms with Crippen LogP contribution in [-0.2, 0) is 4.79 Å². The molecule has 3 nitrogen and oxygen atoms in total. The lowest BCUT2D eigenvalue weighted by atomic mass is 10.2. The van der Waals surface area contributed by atoms with Gasteiger partial charge in [-0.3, -0.25) is 4.79 Å². The maximum absolute atomic E-state index is 12.1. The van der Waals surface area contributed by atoms with Crippen molar-refractivity contribution < 1.29 is 4.79 Å². The average Bonchev–Trinajstić information content (AvgIpc) is 2.55. The summed E-state index contributed by atoms with van der Waals surface area (Å²) in [5, 5.41) is 12.4. The molecule has 0 aromatic heterocycles. The Bertz CT molecular complexity index is 790. The fraction of sp³-hybridized carbons (Fsp3) is 0. The molecule has 114 valence electrons. The fourth-order valence-corrected chi connectivity index (χ4v) is 2.39. The molecule has 0 aliphatic heterocycles. The van der Waals surface area contributed by atoms with E-state index in [9.17, 15) is 10.1 Å². The number of carbonyl (C=O) groups is 1. The van der Waals surface area contributed by atoms with E-state index in [0.29, 0.717) is 15.2 Å². The largest absolute Gasteiger partial charge is 0.321 e. The Morgan fingerprint density at radius 1 is 1.13 bits per heavy atom. The SMILES string of the molecule is N#C/C(=C\C(Br)=C\c1ccccc1)C(=O)Nc1ccc(Cl)cc1. The summed E-state index contributed by atoms with van der Waals surface area (Å²) in [7, 11) is 0. The number of rotatable bonds is 4. The predicted molar refractivity (Wildman–Crippen MR) is 97.1 cm³/mol. The van der Waals surface area contributed by atoms with Gasteiger partial charge in [0.05, 0.1) is 0 Å². The van der Waals surface area contributed by atoms with Crippen LogP contribution in [0.4, 0.5) is 5.69 Å². The molecule has 23 heavy (non-hydrogen) atoms. The molecule has 0 saturated carbocycles. The molecule has 0 radical (unpaired) electrons. The first-order chi connectivity index (χ1) is 11.1. The molecule has 1 N–H and O–H groups in total. The summed E-state index contributed by atoms with van der Waals surface area (Å²) >= 11 is 9.15. The number of nitriles is 1. The van der Waals surface area contributed by atoms with E-state index in [0.717, 1.165) is 5.56 Å². The number of anilines is 1. The zero-order valence-electron chi connectivity index (χ0n) is 12.0. The number of hydrogen-bond donors (Lipinski definition) is 1. The highest BCUT2D eigenvalue weighted by atomic mass is 79.9. The summed E-state index contributed by atoms with van der Waals surface area (Å²) in [4.78, 5) is 12.1. The summed E-state index contributed by atoms with van der Waals surface area (Å²) in [6.07, 6.45) is 3.31. The van der Waals surface area contributed by atoms with Crippen LogP contribution in [0.5, 0.6) is 0 Å². The molecule has 2 aromatic rings. The van der Waals surface area contributed by atoms with Gasteiger partial charge in [-0.1, -0.05) is 57.9 Å². The smallest absolute Gasteiger partial charge is 0.266 e. The lowest BCUT2D eigenvalue weighted by Gasteiger charge is -2.04. The highest BCUT2D eigenvalue weighted by Crippen LogP contribution is 2.17. The number of hydrogen-bond acceptors (Lipinski definition) is 2. The minimum atomic E-state index is -0.478. The second-order valence-electron chi connectivity index (χ2n) is 4.57. The molecule has 0 unspecified atom stereocenters. The van der Waals surface area contributed by atoms with E-state index in [1.54, 1.807) is 24.3 Å². The van der Waals surface area contributed by atoms with Gasteiger partial charge in [0.2, 0.25) is 0 Å². The van der Waals surface area contributed by atoms with Gasteiger partial charge in [-0.15, -0.1) is 0 Å². The number of amides is 1. The predicted octanol–water partition coefficient (Wildman–Crippen LogP) is 5.16. The highest BCUT2D eigenvalue weighted by molar-refractivity contribution is 9.12. The number of halogens is 2. The Morgan fingerprint density at radius 3 is 2.39 bits per heavy atom. The third-order valence-corrected chi connectivity index (χ3v) is 3.56. The zero-order valence-corrected chi connectivity index (χ0v) is 14.3. The van der Waals surface area contributed by atoms with Crippen molar-refractivity contribution in [2.75, 3.05) is 5.32 Å². The van der Waals surface area contributed by atoms with Crippen LogP contribution in [0, 0.1) is 11.3 Å². The molecule has 0 fully saturated rings. The number of allylic oxidation sites excluding steroid dienone is 2. The van der Waals surface area contributed by atoms with Crippen molar-refractivity contribution in [1.29, 1.82) is 5.26 Å². The van der Waals surface area contributed by atoms with Crippen LogP contribution in [0.3, 0.4) is 0 Å². The van der Waals surface area contributed by atoms with Crippen LogP contribution in [0.1, 0.15) is 5.56 Å². The van der Waals surface area contributed by atoms with Crippen molar-refractivity contribution in [3.63, 3.8) is 0 Å². The van der Waals surface area contributed by atoms with Gasteiger partial charge in [0.25, 0.3) is 5.91 Å². The van der Waals surface area contributed by atoms with Gasteiger partial charge in [0.1, 0.15) is 11.6 Å². The van der Waals surface area contributed by atoms with E-state index in [-0.39, 0.29) is 5.57 Å². The van der Waals surface area contributed by atoms with Crippen molar-refractivity contribution >= 4 is 45.2 Å². The van der Waals surface area contributed by atoms with Crippen LogP contribution < -0.4 is 5.32 Å². The van der Waals surface area contributed by atoms with E-state index in [2.05, 4.69) is 21.2 Å². The molecule has 0 bridgehead atoms. The fourth-order valence-electron chi connectivity index (χ4n) is 1.77. The Kier molecular flexibility index (Phi) is 6.16. The first kappa shape index (κ1) is 17.0. The van der Waals surface area contributed by atoms with Gasteiger partial charge < -0.3 is 5.32 Å². The molecular weight excluding hydrogens is 376 g/mol. The number of nitrogens with zero attached hydrogens (tertiary/aromatic N) is 1. The molecular formula is C18H12BrClN2O. The van der Waals surface area contributed by atoms with Crippen LogP contribution in [0.15, 0.2) is 70.7 Å². The summed E-state index contributed by atoms with van der Waals surface area (Å²) in [5.41, 5.74) is 1.54. The lowest BCUT2D eigenvalue weighted by Crippen LogP contribution is -2.13. The maximum atomic E-state index is 12.1. The van der Waals surface area contributed by atoms with Crippen molar-refractivity contribution in [3.8, 4) is 6.07 Å². The molecule has 0 heterocycles. The molecule has 0 spiro atoms. The minimum Gasteiger partial charge on any atom is -0.321 e. The summed E-state index contributed by atoms with van der Waals surface area (Å²) in [5.74, 6) is -0.478. The standard InChI is InChI=1S/C18H12BrClN2O/c19-15(10-13-4-2-1-3-5-13)11-14(12-21)18(23)22-17-8-6-16(20)7-9-17/h1-11H,(H,22,23)/b14-11+,15-10-. The minimum absolute atomic E-state index is 0.000920. The molecule has 0 aliphatic carbocycles. The Hall–Kier alpha value is -2.35. The average molecular weight is 388 g/mol. The molecule has 2 aromatic carbocycles. The molecule has 2 rings (SSSR count). The van der Waals surface area contributed by atoms with Crippen LogP contribution in [0.25, 0.3) is 6.08 Å². The number of benzene rings is 2. The van der Waals surface area contributed by atoms with Gasteiger partial charge in [-0.25, -0.2) is 0 Å². The first-order valence-electron chi connectivity index (χ1n) is 6.69. The van der Waals surface area contributed by atoms with E-state index in [1.807, 2.05) is 42.5 Å². The topological polar surface area (TPSA) is 52.9 Å². The Morgan fingerprint density at radius 2 is 1.78 bits per heavy atom. The second kappa shape index (κ2) is 8.33. The van der Waals surface area contributed by atoms with Gasteiger partial charge >= 0.3 is 0 Å². The van der Waals surface area contributed by atoms with Crippen LogP contribution >= 0.6 is 27.5 Å². The van der Waals surface area contributed by atoms with E-state index in [1.165, 1.54) is 6.08 Å². The van der Waals surface area contributed by atoms with Crippen molar-refractivity contribution in [2.45, 2.75) is 0 Å². The molecule has 1 amide bonds. The van der Waals surface area contributed by atoms with E-state index < -0.39 is 5.91 Å². The molecule has 0 saturated heterocycles. The normalized spacial score (nSPS) is 11.7. The molecule has 0 atom stereocenters. The number of nitrogens with one attached hydrogen (secondary N) is 1. The Labute approximate surface area is 148 Å². The number of carbonyl (C=O) groups excluding carboxylic acids is 1. The molecule has 5 heteroatoms. The zero-order chi connectivity index (χ0) is 16.7. The van der Waals surface area contributed by atoms with Gasteiger partial charge in [0.15, 0.2) is 0 Å². The first-order valence-corrected chi connectivity index (χ1v) is 7.86. The van der Waals surface area contributed by atoms with E-state index >= 15 is 0 Å². The van der Waals surface area contributed by atoms with Crippen molar-refractivity contribution in [2.24, 2.45) is 0 Å². The van der Waals surface area contributed by atoms with Gasteiger partial charge in [-0.2, -0.15) is 5.26 Å². The van der Waals surface area contributed by atoms with Crippen molar-refractivity contribution in [1.82, 2.24) is 0 Å². The lowest BCUT2D eigenvalue weighted by molar-refractivity contribution is -0.112. The monoisotopic (exact) mass is 386 g/mol. The summed E-state index contributed by atoms with van der Waals surface area (Å²) in [6.45, 7) is 0. The van der Waals surface area contributed by atoms with Crippen molar-refractivity contribution in [3.05, 3.63) is 81.3 Å². The quantitative estimate of drug-likeness (QED) is 0.447. The van der Waals surface area contributed by atoms with Gasteiger partial charge in [0, 0.05) is 15.2 Å². The highest BCUT2D eigenvalue weighted by Gasteiger charge is 2.09. The second-order valence-corrected chi connectivity index (χ2v) is 5.92. The summed E-state index contributed by atoms with van der Waals surface area (Å²) < 4.78 is 0.631. The summed E-state index contributed by atoms with van der Waals surface area (Å²) in [6, 6.07) is 18.2. The molecule has 0 aliphatic rings. The third kappa shape index (κ3) is 5.41. The maximum Gasteiger partial charge on any atom is 0.266 e. The van der Waals surface area contributed by atoms with Crippen LogP contribution in [-0.4, -0.2) is 5.91 Å². The Balaban J connectivity index is 2.15. The van der Waals surface area contributed by atoms with E-state index in [4.69, 9.17) is 11.6 Å².